The van der Waals surface area contributed by atoms with E-state index >= 15 is 0 Å². The summed E-state index contributed by atoms with van der Waals surface area (Å²) in [6.07, 6.45) is 5.09. The van der Waals surface area contributed by atoms with Crippen molar-refractivity contribution in [3.63, 3.8) is 0 Å². The van der Waals surface area contributed by atoms with E-state index in [1.807, 2.05) is 0 Å². The molecule has 0 spiro atoms. The van der Waals surface area contributed by atoms with E-state index in [2.05, 4.69) is 5.32 Å². The third kappa shape index (κ3) is 5.60. The molecule has 0 bridgehead atoms. The lowest BCUT2D eigenvalue weighted by Crippen LogP contribution is -2.27. The number of carbonyl (C=O) groups is 1. The van der Waals surface area contributed by atoms with Gasteiger partial charge in [-0.3, -0.25) is 9.10 Å². The summed E-state index contributed by atoms with van der Waals surface area (Å²) in [5.74, 6) is 0.337. The summed E-state index contributed by atoms with van der Waals surface area (Å²) < 4.78 is 49.6. The van der Waals surface area contributed by atoms with E-state index in [-0.39, 0.29) is 21.9 Å². The molecule has 0 radical (unpaired) electrons. The molecule has 0 saturated heterocycles. The van der Waals surface area contributed by atoms with Gasteiger partial charge in [0.15, 0.2) is 9.84 Å². The molecule has 1 aliphatic rings. The second-order valence-corrected chi connectivity index (χ2v) is 11.8. The van der Waals surface area contributed by atoms with Gasteiger partial charge < -0.3 is 5.32 Å². The van der Waals surface area contributed by atoms with Crippen molar-refractivity contribution in [3.8, 4) is 0 Å². The fourth-order valence-electron chi connectivity index (χ4n) is 3.15. The van der Waals surface area contributed by atoms with Crippen LogP contribution in [0.1, 0.15) is 36.0 Å². The Morgan fingerprint density at radius 1 is 1.03 bits per heavy atom. The quantitative estimate of drug-likeness (QED) is 0.632. The Labute approximate surface area is 178 Å². The first kappa shape index (κ1) is 22.3. The minimum absolute atomic E-state index is 0.125. The number of rotatable bonds is 9. The van der Waals surface area contributed by atoms with Crippen LogP contribution in [-0.4, -0.2) is 41.8 Å². The molecule has 1 N–H and O–H groups in total. The molecule has 3 rings (SSSR count). The van der Waals surface area contributed by atoms with Gasteiger partial charge in [0.2, 0.25) is 10.0 Å². The molecule has 0 aromatic heterocycles. The second-order valence-electron chi connectivity index (χ2n) is 7.63. The van der Waals surface area contributed by atoms with Crippen molar-refractivity contribution >= 4 is 37.1 Å². The maximum Gasteiger partial charge on any atom is 0.257 e. The predicted molar refractivity (Wildman–Crippen MR) is 118 cm³/mol. The highest BCUT2D eigenvalue weighted by Gasteiger charge is 2.23. The molecule has 0 unspecified atom stereocenters. The molecule has 9 heteroatoms. The maximum atomic E-state index is 12.7. The molecular weight excluding hydrogens is 424 g/mol. The molecule has 0 aliphatic heterocycles. The Kier molecular flexibility index (Phi) is 6.52. The average molecular weight is 451 g/mol. The minimum atomic E-state index is -3.53. The number of nitrogens with zero attached hydrogens (tertiary/aromatic N) is 1. The van der Waals surface area contributed by atoms with Crippen LogP contribution in [0.5, 0.6) is 0 Å². The van der Waals surface area contributed by atoms with Gasteiger partial charge in [0, 0.05) is 12.7 Å². The number of benzene rings is 2. The molecular formula is C21H26N2O5S2. The smallest absolute Gasteiger partial charge is 0.257 e. The standard InChI is InChI=1S/C21H26N2O5S2/c1-23(29(2,25)26)20-8-4-3-7-19(20)21(24)22-17-11-13-18(14-12-17)30(27,28)15-5-6-16-9-10-16/h3-4,7-8,11-14,16H,5-6,9-10,15H2,1-2H3,(H,22,24). The number of hydrogen-bond donors (Lipinski definition) is 1. The molecule has 7 nitrogen and oxygen atoms in total. The van der Waals surface area contributed by atoms with Crippen LogP contribution >= 0.6 is 0 Å². The molecule has 1 saturated carbocycles. The number of anilines is 2. The fraction of sp³-hybridized carbons (Fsp3) is 0.381. The van der Waals surface area contributed by atoms with Crippen LogP contribution in [0.3, 0.4) is 0 Å². The van der Waals surface area contributed by atoms with Gasteiger partial charge in [-0.2, -0.15) is 0 Å². The third-order valence-corrected chi connectivity index (χ3v) is 8.19. The zero-order valence-electron chi connectivity index (χ0n) is 17.0. The lowest BCUT2D eigenvalue weighted by Gasteiger charge is -2.19. The van der Waals surface area contributed by atoms with Crippen molar-refractivity contribution in [2.75, 3.05) is 28.7 Å². The molecule has 2 aromatic carbocycles. The summed E-state index contributed by atoms with van der Waals surface area (Å²) in [4.78, 5) is 12.9. The minimum Gasteiger partial charge on any atom is -0.322 e. The van der Waals surface area contributed by atoms with Crippen LogP contribution in [0.4, 0.5) is 11.4 Å². The van der Waals surface area contributed by atoms with Gasteiger partial charge in [-0.25, -0.2) is 16.8 Å². The monoisotopic (exact) mass is 450 g/mol. The number of sulfone groups is 1. The highest BCUT2D eigenvalue weighted by molar-refractivity contribution is 7.92. The fourth-order valence-corrected chi connectivity index (χ4v) is 5.00. The highest BCUT2D eigenvalue weighted by Crippen LogP contribution is 2.33. The Hall–Kier alpha value is -2.39. The Morgan fingerprint density at radius 2 is 1.67 bits per heavy atom. The SMILES string of the molecule is CN(c1ccccc1C(=O)Nc1ccc(S(=O)(=O)CCCC2CC2)cc1)S(C)(=O)=O. The molecule has 1 fully saturated rings. The molecule has 0 heterocycles. The van der Waals surface area contributed by atoms with E-state index in [0.29, 0.717) is 18.0 Å². The third-order valence-electron chi connectivity index (χ3n) is 5.18. The zero-order valence-corrected chi connectivity index (χ0v) is 18.7. The largest absolute Gasteiger partial charge is 0.322 e. The summed E-state index contributed by atoms with van der Waals surface area (Å²) in [6.45, 7) is 0. The van der Waals surface area contributed by atoms with E-state index in [9.17, 15) is 21.6 Å². The van der Waals surface area contributed by atoms with E-state index in [0.717, 1.165) is 17.0 Å². The Balaban J connectivity index is 1.71. The number of amides is 1. The van der Waals surface area contributed by atoms with E-state index in [1.54, 1.807) is 18.2 Å². The molecule has 1 aliphatic carbocycles. The maximum absolute atomic E-state index is 12.7. The van der Waals surface area contributed by atoms with Crippen LogP contribution in [0.25, 0.3) is 0 Å². The number of carbonyl (C=O) groups excluding carboxylic acids is 1. The van der Waals surface area contributed by atoms with Gasteiger partial charge in [-0.15, -0.1) is 0 Å². The average Bonchev–Trinajstić information content (AvgIpc) is 3.51. The summed E-state index contributed by atoms with van der Waals surface area (Å²) in [6, 6.07) is 12.4. The topological polar surface area (TPSA) is 101 Å². The van der Waals surface area contributed by atoms with Crippen LogP contribution in [0.15, 0.2) is 53.4 Å². The number of para-hydroxylation sites is 1. The number of nitrogens with one attached hydrogen (secondary N) is 1. The van der Waals surface area contributed by atoms with Crippen LogP contribution in [0, 0.1) is 5.92 Å². The first-order valence-corrected chi connectivity index (χ1v) is 13.2. The van der Waals surface area contributed by atoms with Crippen molar-refractivity contribution in [3.05, 3.63) is 54.1 Å². The Bertz CT molecular complexity index is 1120. The summed E-state index contributed by atoms with van der Waals surface area (Å²) in [5, 5.41) is 2.69. The number of hydrogen-bond acceptors (Lipinski definition) is 5. The molecule has 0 atom stereocenters. The van der Waals surface area contributed by atoms with Crippen LogP contribution in [0.2, 0.25) is 0 Å². The molecule has 2 aromatic rings. The van der Waals surface area contributed by atoms with Crippen molar-refractivity contribution in [2.45, 2.75) is 30.6 Å². The molecule has 1 amide bonds. The van der Waals surface area contributed by atoms with Crippen LogP contribution in [-0.2, 0) is 19.9 Å². The lowest BCUT2D eigenvalue weighted by atomic mass is 10.1. The first-order valence-electron chi connectivity index (χ1n) is 9.75. The normalized spacial score (nSPS) is 14.3. The zero-order chi connectivity index (χ0) is 21.9. The van der Waals surface area contributed by atoms with Gasteiger partial charge in [0.25, 0.3) is 5.91 Å². The van der Waals surface area contributed by atoms with Crippen molar-refractivity contribution in [1.82, 2.24) is 0 Å². The van der Waals surface area contributed by atoms with E-state index in [4.69, 9.17) is 0 Å². The predicted octanol–water partition coefficient (Wildman–Crippen LogP) is 3.30. The summed E-state index contributed by atoms with van der Waals surface area (Å²) in [5.41, 5.74) is 0.878. The van der Waals surface area contributed by atoms with Crippen molar-refractivity contribution in [2.24, 2.45) is 5.92 Å². The van der Waals surface area contributed by atoms with E-state index < -0.39 is 25.8 Å². The van der Waals surface area contributed by atoms with Crippen LogP contribution < -0.4 is 9.62 Å². The molecule has 162 valence electrons. The lowest BCUT2D eigenvalue weighted by molar-refractivity contribution is 0.102. The number of sulfonamides is 1. The van der Waals surface area contributed by atoms with E-state index in [1.165, 1.54) is 50.2 Å². The first-order chi connectivity index (χ1) is 14.1. The molecule has 30 heavy (non-hydrogen) atoms. The van der Waals surface area contributed by atoms with Crippen molar-refractivity contribution < 1.29 is 21.6 Å². The van der Waals surface area contributed by atoms with Gasteiger partial charge in [0.05, 0.1) is 28.2 Å². The van der Waals surface area contributed by atoms with Crippen molar-refractivity contribution in [1.29, 1.82) is 0 Å². The Morgan fingerprint density at radius 3 is 2.27 bits per heavy atom. The second kappa shape index (κ2) is 8.77. The van der Waals surface area contributed by atoms with Gasteiger partial charge >= 0.3 is 0 Å². The van der Waals surface area contributed by atoms with Gasteiger partial charge in [-0.1, -0.05) is 25.0 Å². The van der Waals surface area contributed by atoms with Gasteiger partial charge in [-0.05, 0) is 55.2 Å². The van der Waals surface area contributed by atoms with Gasteiger partial charge in [0.1, 0.15) is 0 Å². The summed E-state index contributed by atoms with van der Waals surface area (Å²) >= 11 is 0. The highest BCUT2D eigenvalue weighted by atomic mass is 32.2. The summed E-state index contributed by atoms with van der Waals surface area (Å²) in [7, 11) is -5.50.